The molecule has 1 N–H and O–H groups in total. The zero-order chi connectivity index (χ0) is 19.9. The van der Waals surface area contributed by atoms with E-state index >= 15 is 0 Å². The average Bonchev–Trinajstić information content (AvgIpc) is 3.21. The number of nitrogens with one attached hydrogen (secondary N) is 1. The normalized spacial score (nSPS) is 10.9. The van der Waals surface area contributed by atoms with Gasteiger partial charge in [-0.15, -0.1) is 0 Å². The smallest absolute Gasteiger partial charge is 0.253 e. The van der Waals surface area contributed by atoms with Gasteiger partial charge in [0.25, 0.3) is 5.91 Å². The van der Waals surface area contributed by atoms with Gasteiger partial charge in [0.1, 0.15) is 12.4 Å². The minimum Gasteiger partial charge on any atom is -0.492 e. The number of likely N-dealkylation sites (N-methyl/N-ethyl adjacent to an activating group) is 1. The zero-order valence-corrected chi connectivity index (χ0v) is 16.6. The van der Waals surface area contributed by atoms with E-state index in [2.05, 4.69) is 15.1 Å². The Hall–Kier alpha value is -3.12. The van der Waals surface area contributed by atoms with E-state index in [-0.39, 0.29) is 5.91 Å². The van der Waals surface area contributed by atoms with Crippen molar-refractivity contribution in [3.05, 3.63) is 72.1 Å². The predicted octanol–water partition coefficient (Wildman–Crippen LogP) is 3.29. The molecule has 0 saturated carbocycles. The predicted molar refractivity (Wildman–Crippen MR) is 110 cm³/mol. The Morgan fingerprint density at radius 3 is 2.46 bits per heavy atom. The van der Waals surface area contributed by atoms with E-state index in [9.17, 15) is 4.79 Å². The third-order valence-corrected chi connectivity index (χ3v) is 4.44. The fourth-order valence-corrected chi connectivity index (χ4v) is 2.88. The molecule has 0 atom stereocenters. The van der Waals surface area contributed by atoms with Gasteiger partial charge in [-0.25, -0.2) is 0 Å². The van der Waals surface area contributed by atoms with E-state index in [1.807, 2.05) is 68.7 Å². The largest absolute Gasteiger partial charge is 0.492 e. The van der Waals surface area contributed by atoms with Gasteiger partial charge in [0.15, 0.2) is 0 Å². The molecule has 3 aromatic rings. The first-order valence-corrected chi connectivity index (χ1v) is 9.25. The molecule has 28 heavy (non-hydrogen) atoms. The van der Waals surface area contributed by atoms with Crippen molar-refractivity contribution in [2.45, 2.75) is 6.54 Å². The van der Waals surface area contributed by atoms with Crippen LogP contribution in [0.5, 0.6) is 5.75 Å². The molecule has 3 rings (SSSR count). The number of aromatic amines is 1. The van der Waals surface area contributed by atoms with Crippen molar-refractivity contribution in [1.82, 2.24) is 20.0 Å². The van der Waals surface area contributed by atoms with Crippen LogP contribution in [-0.4, -0.2) is 60.2 Å². The van der Waals surface area contributed by atoms with Gasteiger partial charge < -0.3 is 14.5 Å². The lowest BCUT2D eigenvalue weighted by Crippen LogP contribution is -2.26. The van der Waals surface area contributed by atoms with Crippen molar-refractivity contribution in [2.75, 3.05) is 34.3 Å². The number of rotatable bonds is 8. The number of nitrogens with zero attached hydrogens (tertiary/aromatic N) is 3. The number of H-pyrrole nitrogens is 1. The summed E-state index contributed by atoms with van der Waals surface area (Å²) in [5.41, 5.74) is 3.59. The first-order valence-electron chi connectivity index (χ1n) is 9.25. The molecule has 0 spiro atoms. The Morgan fingerprint density at radius 2 is 1.79 bits per heavy atom. The topological polar surface area (TPSA) is 61.5 Å². The van der Waals surface area contributed by atoms with Crippen molar-refractivity contribution < 1.29 is 9.53 Å². The van der Waals surface area contributed by atoms with Gasteiger partial charge in [-0.1, -0.05) is 30.3 Å². The SMILES string of the molecule is CN(C)CCOc1ccccc1-c1ccc(C(=O)N(C)Cc2ccn[nH]2)cc1. The van der Waals surface area contributed by atoms with Crippen molar-refractivity contribution >= 4 is 5.91 Å². The van der Waals surface area contributed by atoms with Crippen molar-refractivity contribution in [3.8, 4) is 16.9 Å². The van der Waals surface area contributed by atoms with Crippen LogP contribution in [0.2, 0.25) is 0 Å². The average molecular weight is 378 g/mol. The Labute approximate surface area is 165 Å². The van der Waals surface area contributed by atoms with Crippen LogP contribution in [0.15, 0.2) is 60.8 Å². The molecule has 6 heteroatoms. The van der Waals surface area contributed by atoms with E-state index in [0.29, 0.717) is 18.7 Å². The van der Waals surface area contributed by atoms with E-state index in [4.69, 9.17) is 4.74 Å². The number of carbonyl (C=O) groups excluding carboxylic acids is 1. The van der Waals surface area contributed by atoms with E-state index in [1.165, 1.54) is 0 Å². The molecule has 0 bridgehead atoms. The summed E-state index contributed by atoms with van der Waals surface area (Å²) in [5, 5.41) is 6.79. The molecule has 0 aliphatic heterocycles. The van der Waals surface area contributed by atoms with Crippen LogP contribution in [0.25, 0.3) is 11.1 Å². The number of hydrogen-bond acceptors (Lipinski definition) is 4. The van der Waals surface area contributed by atoms with Gasteiger partial charge in [0, 0.05) is 30.9 Å². The first kappa shape index (κ1) is 19.6. The number of para-hydroxylation sites is 1. The first-order chi connectivity index (χ1) is 13.5. The second kappa shape index (κ2) is 9.19. The lowest BCUT2D eigenvalue weighted by molar-refractivity contribution is 0.0783. The lowest BCUT2D eigenvalue weighted by atomic mass is 10.0. The van der Waals surface area contributed by atoms with E-state index in [1.54, 1.807) is 18.1 Å². The summed E-state index contributed by atoms with van der Waals surface area (Å²) in [5.74, 6) is 0.816. The Kier molecular flexibility index (Phi) is 6.45. The minimum atomic E-state index is -0.0309. The molecule has 1 aromatic heterocycles. The highest BCUT2D eigenvalue weighted by Gasteiger charge is 2.13. The quantitative estimate of drug-likeness (QED) is 0.653. The monoisotopic (exact) mass is 378 g/mol. The van der Waals surface area contributed by atoms with Gasteiger partial charge in [0.2, 0.25) is 0 Å². The summed E-state index contributed by atoms with van der Waals surface area (Å²) in [6.07, 6.45) is 1.68. The summed E-state index contributed by atoms with van der Waals surface area (Å²) in [6.45, 7) is 1.96. The molecule has 146 valence electrons. The summed E-state index contributed by atoms with van der Waals surface area (Å²) in [4.78, 5) is 16.4. The van der Waals surface area contributed by atoms with Crippen LogP contribution in [0.1, 0.15) is 16.1 Å². The molecule has 0 radical (unpaired) electrons. The Balaban J connectivity index is 1.71. The number of ether oxygens (including phenoxy) is 1. The zero-order valence-electron chi connectivity index (χ0n) is 16.6. The van der Waals surface area contributed by atoms with Crippen LogP contribution in [0, 0.1) is 0 Å². The van der Waals surface area contributed by atoms with E-state index in [0.717, 1.165) is 29.1 Å². The highest BCUT2D eigenvalue weighted by atomic mass is 16.5. The molecular formula is C22H26N4O2. The molecule has 0 fully saturated rings. The number of carbonyl (C=O) groups is 1. The number of hydrogen-bond donors (Lipinski definition) is 1. The highest BCUT2D eigenvalue weighted by Crippen LogP contribution is 2.30. The standard InChI is InChI=1S/C22H26N4O2/c1-25(2)14-15-28-21-7-5-4-6-20(21)17-8-10-18(11-9-17)22(27)26(3)16-19-12-13-23-24-19/h4-13H,14-16H2,1-3H3,(H,23,24). The lowest BCUT2D eigenvalue weighted by Gasteiger charge is -2.17. The van der Waals surface area contributed by atoms with Crippen molar-refractivity contribution in [1.29, 1.82) is 0 Å². The number of amides is 1. The number of aromatic nitrogens is 2. The summed E-state index contributed by atoms with van der Waals surface area (Å²) < 4.78 is 5.95. The third-order valence-electron chi connectivity index (χ3n) is 4.44. The maximum Gasteiger partial charge on any atom is 0.253 e. The summed E-state index contributed by atoms with van der Waals surface area (Å²) in [7, 11) is 5.83. The van der Waals surface area contributed by atoms with Gasteiger partial charge >= 0.3 is 0 Å². The molecule has 0 saturated heterocycles. The molecule has 0 aliphatic carbocycles. The second-order valence-corrected chi connectivity index (χ2v) is 6.97. The molecule has 1 amide bonds. The maximum absolute atomic E-state index is 12.7. The van der Waals surface area contributed by atoms with Crippen LogP contribution < -0.4 is 4.74 Å². The highest BCUT2D eigenvalue weighted by molar-refractivity contribution is 5.94. The fraction of sp³-hybridized carbons (Fsp3) is 0.273. The van der Waals surface area contributed by atoms with Gasteiger partial charge in [-0.3, -0.25) is 9.89 Å². The Bertz CT molecular complexity index is 889. The molecular weight excluding hydrogens is 352 g/mol. The van der Waals surface area contributed by atoms with Gasteiger partial charge in [-0.05, 0) is 43.9 Å². The molecule has 0 aliphatic rings. The van der Waals surface area contributed by atoms with Crippen molar-refractivity contribution in [2.24, 2.45) is 0 Å². The number of benzene rings is 2. The summed E-state index contributed by atoms with van der Waals surface area (Å²) >= 11 is 0. The molecule has 1 heterocycles. The minimum absolute atomic E-state index is 0.0309. The fourth-order valence-electron chi connectivity index (χ4n) is 2.88. The van der Waals surface area contributed by atoms with Crippen LogP contribution in [0.3, 0.4) is 0 Å². The van der Waals surface area contributed by atoms with Crippen LogP contribution in [0.4, 0.5) is 0 Å². The van der Waals surface area contributed by atoms with Crippen LogP contribution >= 0.6 is 0 Å². The van der Waals surface area contributed by atoms with Crippen LogP contribution in [-0.2, 0) is 6.54 Å². The second-order valence-electron chi connectivity index (χ2n) is 6.97. The van der Waals surface area contributed by atoms with Crippen molar-refractivity contribution in [3.63, 3.8) is 0 Å². The summed E-state index contributed by atoms with van der Waals surface area (Å²) in [6, 6.07) is 17.5. The molecule has 6 nitrogen and oxygen atoms in total. The Morgan fingerprint density at radius 1 is 1.04 bits per heavy atom. The van der Waals surface area contributed by atoms with E-state index < -0.39 is 0 Å². The van der Waals surface area contributed by atoms with Gasteiger partial charge in [0.05, 0.1) is 12.2 Å². The maximum atomic E-state index is 12.7. The molecule has 2 aromatic carbocycles. The van der Waals surface area contributed by atoms with Gasteiger partial charge in [-0.2, -0.15) is 5.10 Å². The molecule has 0 unspecified atom stereocenters. The third kappa shape index (κ3) is 4.98.